The molecule has 0 spiro atoms. The number of nitrogens with zero attached hydrogens (tertiary/aromatic N) is 2. The molecule has 2 aromatic carbocycles. The molecule has 100 valence electrons. The first kappa shape index (κ1) is 12.5. The Morgan fingerprint density at radius 1 is 1.10 bits per heavy atom. The summed E-state index contributed by atoms with van der Waals surface area (Å²) in [5, 5.41) is 12.7. The van der Waals surface area contributed by atoms with Gasteiger partial charge in [0.25, 0.3) is 6.04 Å². The van der Waals surface area contributed by atoms with E-state index in [0.717, 1.165) is 10.6 Å². The summed E-state index contributed by atoms with van der Waals surface area (Å²) in [5.74, 6) is -0.369. The van der Waals surface area contributed by atoms with Crippen LogP contribution in [-0.4, -0.2) is 11.0 Å². The summed E-state index contributed by atoms with van der Waals surface area (Å²) in [6, 6.07) is 11.4. The van der Waals surface area contributed by atoms with Gasteiger partial charge in [-0.25, -0.2) is 4.39 Å². The molecule has 0 fully saturated rings. The topological polar surface area (TPSA) is 55.5 Å². The van der Waals surface area contributed by atoms with Crippen molar-refractivity contribution < 1.29 is 9.31 Å². The summed E-state index contributed by atoms with van der Waals surface area (Å²) in [6.45, 7) is 0. The largest absolute Gasteiger partial charge is 0.269 e. The summed E-state index contributed by atoms with van der Waals surface area (Å²) in [6.07, 6.45) is 1.61. The number of nitro groups is 1. The molecule has 2 unspecified atom stereocenters. The lowest BCUT2D eigenvalue weighted by molar-refractivity contribution is -0.508. The van der Waals surface area contributed by atoms with Gasteiger partial charge in [0.15, 0.2) is 0 Å². The molecular weight excluding hydrogens is 259 g/mol. The predicted molar refractivity (Wildman–Crippen MR) is 71.6 cm³/mol. The molecule has 1 aliphatic heterocycles. The molecule has 0 aromatic heterocycles. The summed E-state index contributed by atoms with van der Waals surface area (Å²) < 4.78 is 13.0. The molecule has 1 aliphatic rings. The lowest BCUT2D eigenvalue weighted by atomic mass is 9.97. The average molecular weight is 270 g/mol. The molecule has 0 bridgehead atoms. The number of hydrogen-bond acceptors (Lipinski definition) is 3. The van der Waals surface area contributed by atoms with Crippen LogP contribution >= 0.6 is 0 Å². The van der Waals surface area contributed by atoms with Crippen LogP contribution in [0.3, 0.4) is 0 Å². The fourth-order valence-electron chi connectivity index (χ4n) is 2.36. The lowest BCUT2D eigenvalue weighted by Gasteiger charge is -2.18. The third-order valence-electron chi connectivity index (χ3n) is 3.34. The number of fused-ring (bicyclic) bond motifs is 1. The highest BCUT2D eigenvalue weighted by Crippen LogP contribution is 2.25. The molecule has 0 saturated heterocycles. The van der Waals surface area contributed by atoms with E-state index < -0.39 is 12.1 Å². The number of rotatable bonds is 2. The van der Waals surface area contributed by atoms with E-state index in [2.05, 4.69) is 4.99 Å². The first-order valence-corrected chi connectivity index (χ1v) is 6.19. The van der Waals surface area contributed by atoms with Crippen molar-refractivity contribution in [3.63, 3.8) is 0 Å². The Morgan fingerprint density at radius 2 is 1.80 bits per heavy atom. The highest BCUT2D eigenvalue weighted by Gasteiger charge is 2.32. The van der Waals surface area contributed by atoms with E-state index in [1.54, 1.807) is 24.3 Å². The van der Waals surface area contributed by atoms with E-state index in [-0.39, 0.29) is 10.7 Å². The Bertz CT molecular complexity index is 771. The van der Waals surface area contributed by atoms with Crippen LogP contribution in [-0.2, 0) is 0 Å². The fraction of sp³-hybridized carbons (Fsp3) is 0.133. The Labute approximate surface area is 114 Å². The van der Waals surface area contributed by atoms with E-state index >= 15 is 0 Å². The first-order chi connectivity index (χ1) is 9.65. The number of halogens is 1. The van der Waals surface area contributed by atoms with Gasteiger partial charge in [0.2, 0.25) is 0 Å². The van der Waals surface area contributed by atoms with Crippen LogP contribution < -0.4 is 10.6 Å². The van der Waals surface area contributed by atoms with Crippen LogP contribution in [0.1, 0.15) is 11.6 Å². The van der Waals surface area contributed by atoms with Crippen LogP contribution in [0.4, 0.5) is 4.39 Å². The second kappa shape index (κ2) is 4.85. The minimum atomic E-state index is -0.935. The molecule has 0 N–H and O–H groups in total. The van der Waals surface area contributed by atoms with E-state index in [0.29, 0.717) is 5.56 Å². The summed E-state index contributed by atoms with van der Waals surface area (Å²) in [4.78, 5) is 15.4. The van der Waals surface area contributed by atoms with Crippen LogP contribution in [0.25, 0.3) is 6.08 Å². The number of hydrogen-bond donors (Lipinski definition) is 0. The van der Waals surface area contributed by atoms with E-state index in [9.17, 15) is 14.5 Å². The molecule has 1 heterocycles. The molecule has 3 rings (SSSR count). The normalized spacial score (nSPS) is 20.4. The second-order valence-electron chi connectivity index (χ2n) is 4.63. The molecule has 0 aliphatic carbocycles. The Morgan fingerprint density at radius 3 is 2.50 bits per heavy atom. The molecule has 0 radical (unpaired) electrons. The molecule has 0 saturated carbocycles. The van der Waals surface area contributed by atoms with Crippen molar-refractivity contribution in [3.05, 3.63) is 80.6 Å². The fourth-order valence-corrected chi connectivity index (χ4v) is 2.36. The van der Waals surface area contributed by atoms with Crippen LogP contribution in [0.15, 0.2) is 53.5 Å². The number of benzene rings is 2. The van der Waals surface area contributed by atoms with Crippen molar-refractivity contribution in [2.45, 2.75) is 12.1 Å². The molecular formula is C15H11FN2O2. The molecule has 5 heteroatoms. The van der Waals surface area contributed by atoms with Gasteiger partial charge in [-0.15, -0.1) is 0 Å². The Hall–Kier alpha value is -2.56. The molecule has 0 amide bonds. The summed E-state index contributed by atoms with van der Waals surface area (Å²) >= 11 is 0. The quantitative estimate of drug-likeness (QED) is 0.615. The Kier molecular flexibility index (Phi) is 3.02. The van der Waals surface area contributed by atoms with E-state index in [1.165, 1.54) is 12.1 Å². The van der Waals surface area contributed by atoms with E-state index in [1.807, 2.05) is 18.2 Å². The molecule has 2 atom stereocenters. The van der Waals surface area contributed by atoms with Crippen molar-refractivity contribution in [1.82, 2.24) is 0 Å². The predicted octanol–water partition coefficient (Wildman–Crippen LogP) is 1.63. The maximum atomic E-state index is 13.0. The highest BCUT2D eigenvalue weighted by molar-refractivity contribution is 5.36. The first-order valence-electron chi connectivity index (χ1n) is 6.19. The van der Waals surface area contributed by atoms with Crippen molar-refractivity contribution in [3.8, 4) is 0 Å². The molecule has 4 nitrogen and oxygen atoms in total. The minimum Gasteiger partial charge on any atom is -0.269 e. The smallest absolute Gasteiger partial charge is 0.258 e. The van der Waals surface area contributed by atoms with Gasteiger partial charge in [0.1, 0.15) is 11.9 Å². The van der Waals surface area contributed by atoms with Gasteiger partial charge in [0.05, 0.1) is 5.36 Å². The van der Waals surface area contributed by atoms with Crippen molar-refractivity contribution in [1.29, 1.82) is 0 Å². The van der Waals surface area contributed by atoms with Gasteiger partial charge < -0.3 is 0 Å². The standard InChI is InChI=1S/C15H11FN2O2/c16-12-7-5-10(6-8-12)15-14(18(19)20)9-11-3-1-2-4-13(11)17-15/h1-9,14-15H. The van der Waals surface area contributed by atoms with Gasteiger partial charge in [-0.1, -0.05) is 30.3 Å². The van der Waals surface area contributed by atoms with Crippen LogP contribution in [0.2, 0.25) is 0 Å². The molecule has 20 heavy (non-hydrogen) atoms. The van der Waals surface area contributed by atoms with Gasteiger partial charge in [-0.2, -0.15) is 0 Å². The van der Waals surface area contributed by atoms with Crippen molar-refractivity contribution in [2.24, 2.45) is 4.99 Å². The maximum Gasteiger partial charge on any atom is 0.258 e. The Balaban J connectivity index is 2.15. The minimum absolute atomic E-state index is 0.354. The van der Waals surface area contributed by atoms with Crippen molar-refractivity contribution >= 4 is 6.08 Å². The zero-order valence-corrected chi connectivity index (χ0v) is 10.4. The van der Waals surface area contributed by atoms with E-state index in [4.69, 9.17) is 0 Å². The van der Waals surface area contributed by atoms with Gasteiger partial charge in [-0.3, -0.25) is 15.1 Å². The van der Waals surface area contributed by atoms with Crippen LogP contribution in [0, 0.1) is 15.9 Å². The zero-order chi connectivity index (χ0) is 14.1. The van der Waals surface area contributed by atoms with Gasteiger partial charge >= 0.3 is 0 Å². The monoisotopic (exact) mass is 270 g/mol. The third-order valence-corrected chi connectivity index (χ3v) is 3.34. The average Bonchev–Trinajstić information content (AvgIpc) is 2.46. The third kappa shape index (κ3) is 2.18. The lowest BCUT2D eigenvalue weighted by Crippen LogP contribution is -2.38. The van der Waals surface area contributed by atoms with Crippen molar-refractivity contribution in [2.75, 3.05) is 0 Å². The maximum absolute atomic E-state index is 13.0. The second-order valence-corrected chi connectivity index (χ2v) is 4.63. The number of para-hydroxylation sites is 1. The van der Waals surface area contributed by atoms with Crippen LogP contribution in [0.5, 0.6) is 0 Å². The zero-order valence-electron chi connectivity index (χ0n) is 10.4. The highest BCUT2D eigenvalue weighted by atomic mass is 19.1. The summed E-state index contributed by atoms with van der Waals surface area (Å²) in [7, 11) is 0. The van der Waals surface area contributed by atoms with Gasteiger partial charge in [-0.05, 0) is 23.8 Å². The summed E-state index contributed by atoms with van der Waals surface area (Å²) in [5.41, 5.74) is 0.638. The molecule has 2 aromatic rings. The SMILES string of the molecule is O=[N+]([O-])C1C=c2ccccc2=NC1c1ccc(F)cc1. The van der Waals surface area contributed by atoms with Gasteiger partial charge in [0, 0.05) is 16.2 Å².